The predicted molar refractivity (Wildman–Crippen MR) is 110 cm³/mol. The molecule has 34 heavy (non-hydrogen) atoms. The number of β-lactam (4-membered cyclic amide) rings is 1. The Balaban J connectivity index is 1.52. The molecule has 0 radical (unpaired) electrons. The second-order valence-electron chi connectivity index (χ2n) is 6.73. The highest BCUT2D eigenvalue weighted by molar-refractivity contribution is 8.03. The number of aliphatic carboxylic acids is 1. The average Bonchev–Trinajstić information content (AvgIpc) is 3.41. The summed E-state index contributed by atoms with van der Waals surface area (Å²) in [7, 11) is 0. The van der Waals surface area contributed by atoms with Crippen LogP contribution in [0.25, 0.3) is 0 Å². The number of amides is 2. The van der Waals surface area contributed by atoms with E-state index in [4.69, 9.17) is 10.9 Å². The van der Waals surface area contributed by atoms with Gasteiger partial charge in [0.2, 0.25) is 21.7 Å². The van der Waals surface area contributed by atoms with E-state index in [2.05, 4.69) is 29.2 Å². The number of hydrogen-bond acceptors (Lipinski definition) is 13. The maximum Gasteiger partial charge on any atom is 0.444 e. The van der Waals surface area contributed by atoms with Crippen molar-refractivity contribution in [1.82, 2.24) is 28.9 Å². The van der Waals surface area contributed by atoms with Crippen LogP contribution in [-0.2, 0) is 20.6 Å². The number of hydrogen-bond donors (Lipinski definition) is 4. The van der Waals surface area contributed by atoms with Crippen molar-refractivity contribution in [2.45, 2.75) is 36.3 Å². The normalized spacial score (nSPS) is 20.7. The zero-order valence-corrected chi connectivity index (χ0v) is 18.8. The Morgan fingerprint density at radius 1 is 1.26 bits per heavy atom. The number of anilines is 1. The van der Waals surface area contributed by atoms with Gasteiger partial charge in [-0.2, -0.15) is 26.9 Å². The number of carboxylic acid groups (broad SMARTS) is 1. The van der Waals surface area contributed by atoms with E-state index in [9.17, 15) is 32.7 Å². The van der Waals surface area contributed by atoms with Crippen LogP contribution in [-0.4, -0.2) is 69.5 Å². The summed E-state index contributed by atoms with van der Waals surface area (Å²) in [6.45, 7) is 0. The van der Waals surface area contributed by atoms with Gasteiger partial charge in [0.15, 0.2) is 5.13 Å². The molecule has 2 aromatic heterocycles. The van der Waals surface area contributed by atoms with Crippen LogP contribution in [0.3, 0.4) is 0 Å². The predicted octanol–water partition coefficient (Wildman–Crippen LogP) is 0.747. The van der Waals surface area contributed by atoms with Crippen LogP contribution in [0.5, 0.6) is 0 Å². The molecule has 0 aliphatic carbocycles. The van der Waals surface area contributed by atoms with E-state index in [0.29, 0.717) is 11.8 Å². The number of fused-ring (bicyclic) bond motifs is 1. The molecule has 5 N–H and O–H groups in total. The molecule has 0 spiro atoms. The summed E-state index contributed by atoms with van der Waals surface area (Å²) in [5, 5.41) is 22.6. The van der Waals surface area contributed by atoms with E-state index >= 15 is 0 Å². The highest BCUT2D eigenvalue weighted by Crippen LogP contribution is 2.43. The van der Waals surface area contributed by atoms with E-state index in [1.807, 2.05) is 0 Å². The van der Waals surface area contributed by atoms with Gasteiger partial charge in [0, 0.05) is 16.4 Å². The number of nitrogens with zero attached hydrogens (tertiary/aromatic N) is 6. The second kappa shape index (κ2) is 8.80. The molecule has 2 atom stereocenters. The SMILES string of the molecule is Nc1nc(/C(=N/O)C(=O)N[C@@H]2C(=O)N3C(C(=O)O)=C(Sc4nsc(C(F)(F)F)n4)CC[C@H]23)ns1. The summed E-state index contributed by atoms with van der Waals surface area (Å²) in [4.78, 5) is 45.2. The van der Waals surface area contributed by atoms with Gasteiger partial charge in [0.05, 0.1) is 6.04 Å². The fourth-order valence-corrected chi connectivity index (χ4v) is 5.39. The summed E-state index contributed by atoms with van der Waals surface area (Å²) in [5.41, 5.74) is 4.43. The molecular weight excluding hydrogens is 525 g/mol. The first-order chi connectivity index (χ1) is 16.0. The van der Waals surface area contributed by atoms with E-state index in [0.717, 1.165) is 16.4 Å². The number of carbonyl (C=O) groups is 3. The molecule has 4 rings (SSSR count). The maximum absolute atomic E-state index is 12.8. The van der Waals surface area contributed by atoms with Crippen LogP contribution >= 0.6 is 34.8 Å². The molecule has 2 amide bonds. The Morgan fingerprint density at radius 2 is 2.00 bits per heavy atom. The largest absolute Gasteiger partial charge is 0.477 e. The molecule has 4 heterocycles. The number of halogens is 3. The van der Waals surface area contributed by atoms with Gasteiger partial charge < -0.3 is 21.4 Å². The van der Waals surface area contributed by atoms with Gasteiger partial charge in [-0.1, -0.05) is 16.9 Å². The minimum Gasteiger partial charge on any atom is -0.477 e. The van der Waals surface area contributed by atoms with Gasteiger partial charge in [0.25, 0.3) is 11.8 Å². The van der Waals surface area contributed by atoms with E-state index < -0.39 is 52.5 Å². The standard InChI is InChI=1S/C15H11F3N8O5S3/c16-15(17,18)12-22-14(25-33-12)32-4-2-1-3-5(10(28)26(3)7(4)11(29)30)20-9(27)6(23-31)8-21-13(19)34-24-8/h3,5,31H,1-2H2,(H,20,27)(H,29,30)(H2,19,21,24)/b23-6-/t3-,5+/m1/s1. The lowest BCUT2D eigenvalue weighted by atomic mass is 9.86. The number of nitrogens with two attached hydrogens (primary N) is 1. The summed E-state index contributed by atoms with van der Waals surface area (Å²) in [6.07, 6.45) is -4.41. The third kappa shape index (κ3) is 4.28. The van der Waals surface area contributed by atoms with Crippen LogP contribution in [0.2, 0.25) is 0 Å². The molecule has 13 nitrogen and oxygen atoms in total. The Bertz CT molecular complexity index is 1240. The third-order valence-electron chi connectivity index (χ3n) is 4.71. The molecule has 1 fully saturated rings. The van der Waals surface area contributed by atoms with Crippen LogP contribution < -0.4 is 11.1 Å². The van der Waals surface area contributed by atoms with Crippen LogP contribution in [0.1, 0.15) is 23.7 Å². The van der Waals surface area contributed by atoms with E-state index in [1.165, 1.54) is 0 Å². The Labute approximate surface area is 198 Å². The Kier molecular flexibility index (Phi) is 6.16. The molecule has 2 aliphatic rings. The minimum absolute atomic E-state index is 0.0142. The summed E-state index contributed by atoms with van der Waals surface area (Å²) in [5.74, 6) is -3.48. The topological polar surface area (TPSA) is 197 Å². The molecule has 180 valence electrons. The number of allylic oxidation sites excluding steroid dienone is 1. The lowest BCUT2D eigenvalue weighted by Crippen LogP contribution is -2.72. The highest BCUT2D eigenvalue weighted by Gasteiger charge is 2.54. The number of alkyl halides is 3. The average molecular weight is 536 g/mol. The van der Waals surface area contributed by atoms with Crippen molar-refractivity contribution in [3.05, 3.63) is 21.4 Å². The molecule has 1 saturated heterocycles. The number of carbonyl (C=O) groups excluding carboxylic acids is 2. The highest BCUT2D eigenvalue weighted by atomic mass is 32.2. The molecule has 2 aliphatic heterocycles. The van der Waals surface area contributed by atoms with Crippen molar-refractivity contribution < 1.29 is 37.9 Å². The first-order valence-electron chi connectivity index (χ1n) is 9.02. The summed E-state index contributed by atoms with van der Waals surface area (Å²) < 4.78 is 45.6. The number of nitrogens with one attached hydrogen (secondary N) is 1. The molecule has 2 aromatic rings. The zero-order chi connectivity index (χ0) is 24.8. The number of oxime groups is 1. The van der Waals surface area contributed by atoms with Gasteiger partial charge in [0.1, 0.15) is 11.7 Å². The molecular formula is C15H11F3N8O5S3. The first kappa shape index (κ1) is 23.8. The quantitative estimate of drug-likeness (QED) is 0.176. The van der Waals surface area contributed by atoms with Crippen molar-refractivity contribution in [3.8, 4) is 0 Å². The lowest BCUT2D eigenvalue weighted by molar-refractivity contribution is -0.155. The zero-order valence-electron chi connectivity index (χ0n) is 16.3. The Hall–Kier alpha value is -3.32. The van der Waals surface area contributed by atoms with Crippen LogP contribution in [0, 0.1) is 0 Å². The van der Waals surface area contributed by atoms with Gasteiger partial charge in [-0.05, 0) is 24.4 Å². The maximum atomic E-state index is 12.8. The number of thioether (sulfide) groups is 1. The number of carboxylic acids is 1. The van der Waals surface area contributed by atoms with Crippen molar-refractivity contribution in [2.75, 3.05) is 5.73 Å². The van der Waals surface area contributed by atoms with Crippen LogP contribution in [0.15, 0.2) is 20.9 Å². The van der Waals surface area contributed by atoms with Gasteiger partial charge in [-0.15, -0.1) is 0 Å². The van der Waals surface area contributed by atoms with Gasteiger partial charge >= 0.3 is 12.1 Å². The van der Waals surface area contributed by atoms with E-state index in [-0.39, 0.29) is 45.4 Å². The number of rotatable bonds is 6. The van der Waals surface area contributed by atoms with Crippen molar-refractivity contribution in [1.29, 1.82) is 0 Å². The smallest absolute Gasteiger partial charge is 0.444 e. The minimum atomic E-state index is -4.69. The van der Waals surface area contributed by atoms with Crippen molar-refractivity contribution in [2.24, 2.45) is 5.16 Å². The number of aromatic nitrogens is 4. The second-order valence-corrected chi connectivity index (χ2v) is 9.33. The van der Waals surface area contributed by atoms with Gasteiger partial charge in [-0.3, -0.25) is 14.5 Å². The first-order valence-corrected chi connectivity index (χ1v) is 11.4. The molecule has 0 aromatic carbocycles. The fourth-order valence-electron chi connectivity index (χ4n) is 3.34. The molecule has 0 saturated carbocycles. The summed E-state index contributed by atoms with van der Waals surface area (Å²) in [6, 6.07) is -1.87. The third-order valence-corrected chi connectivity index (χ3v) is 7.14. The monoisotopic (exact) mass is 536 g/mol. The van der Waals surface area contributed by atoms with Crippen LogP contribution in [0.4, 0.5) is 18.3 Å². The van der Waals surface area contributed by atoms with Crippen molar-refractivity contribution in [3.63, 3.8) is 0 Å². The lowest BCUT2D eigenvalue weighted by Gasteiger charge is -2.49. The molecule has 19 heteroatoms. The molecule has 0 bridgehead atoms. The summed E-state index contributed by atoms with van der Waals surface area (Å²) >= 11 is 1.51. The number of nitrogen functional groups attached to an aromatic ring is 1. The fraction of sp³-hybridized carbons (Fsp3) is 0.333. The van der Waals surface area contributed by atoms with Crippen molar-refractivity contribution >= 4 is 63.5 Å². The van der Waals surface area contributed by atoms with Gasteiger partial charge in [-0.25, -0.2) is 9.78 Å². The van der Waals surface area contributed by atoms with E-state index in [1.54, 1.807) is 0 Å². The Morgan fingerprint density at radius 3 is 2.56 bits per heavy atom. The molecule has 0 unspecified atom stereocenters.